The Balaban J connectivity index is 1.97. The van der Waals surface area contributed by atoms with Crippen LogP contribution >= 0.6 is 11.6 Å². The Morgan fingerprint density at radius 1 is 1.36 bits per heavy atom. The summed E-state index contributed by atoms with van der Waals surface area (Å²) in [4.78, 5) is 24.4. The number of amides is 1. The number of rotatable bonds is 5. The highest BCUT2D eigenvalue weighted by Gasteiger charge is 2.52. The average molecular weight is 379 g/mol. The fourth-order valence-corrected chi connectivity index (χ4v) is 3.29. The van der Waals surface area contributed by atoms with Crippen molar-refractivity contribution < 1.29 is 27.9 Å². The number of carboxylic acid groups (broad SMARTS) is 1. The first kappa shape index (κ1) is 19.5. The fraction of sp³-hybridized carbons (Fsp3) is 0.500. The lowest BCUT2D eigenvalue weighted by atomic mass is 9.96. The molecule has 138 valence electrons. The van der Waals surface area contributed by atoms with Gasteiger partial charge in [-0.2, -0.15) is 13.2 Å². The molecule has 9 heteroatoms. The van der Waals surface area contributed by atoms with Gasteiger partial charge in [-0.25, -0.2) is 0 Å². The Kier molecular flexibility index (Phi) is 5.95. The van der Waals surface area contributed by atoms with E-state index in [1.807, 2.05) is 0 Å². The zero-order valence-corrected chi connectivity index (χ0v) is 14.1. The number of alkyl halides is 3. The number of nitrogens with one attached hydrogen (secondary N) is 1. The monoisotopic (exact) mass is 378 g/mol. The van der Waals surface area contributed by atoms with Gasteiger partial charge < -0.3 is 10.4 Å². The first-order valence-corrected chi connectivity index (χ1v) is 8.03. The number of likely N-dealkylation sites (tertiary alicyclic amines) is 1. The summed E-state index contributed by atoms with van der Waals surface area (Å²) in [6.45, 7) is 0.592. The molecule has 1 saturated heterocycles. The number of carboxylic acids is 1. The molecule has 1 aromatic rings. The van der Waals surface area contributed by atoms with Crippen LogP contribution in [-0.4, -0.2) is 47.7 Å². The van der Waals surface area contributed by atoms with Crippen LogP contribution in [0, 0.1) is 11.8 Å². The Morgan fingerprint density at radius 3 is 2.52 bits per heavy atom. The Bertz CT molecular complexity index is 654. The Hall–Kier alpha value is -1.80. The molecule has 5 nitrogen and oxygen atoms in total. The van der Waals surface area contributed by atoms with Crippen LogP contribution in [0.4, 0.5) is 13.2 Å². The highest BCUT2D eigenvalue weighted by Crippen LogP contribution is 2.37. The standard InChI is InChI=1S/C16H18ClF3N2O3/c1-9(10-4-2-3-5-13(10)17)21-14(23)8-22-6-11(15(24)25)12(7-22)16(18,19)20/h2-5,9,11-12H,6-8H2,1H3,(H,21,23)(H,24,25)/t9?,11-,12-/m1/s1. The largest absolute Gasteiger partial charge is 0.481 e. The minimum absolute atomic E-state index is 0.300. The first-order valence-electron chi connectivity index (χ1n) is 7.65. The minimum Gasteiger partial charge on any atom is -0.481 e. The quantitative estimate of drug-likeness (QED) is 0.826. The van der Waals surface area contributed by atoms with E-state index in [4.69, 9.17) is 16.7 Å². The number of aliphatic carboxylic acids is 1. The van der Waals surface area contributed by atoms with Gasteiger partial charge in [-0.1, -0.05) is 29.8 Å². The molecule has 0 radical (unpaired) electrons. The Morgan fingerprint density at radius 2 is 2.00 bits per heavy atom. The van der Waals surface area contributed by atoms with E-state index >= 15 is 0 Å². The predicted octanol–water partition coefficient (Wildman–Crippen LogP) is 2.71. The molecular weight excluding hydrogens is 361 g/mol. The zero-order valence-electron chi connectivity index (χ0n) is 13.4. The van der Waals surface area contributed by atoms with Crippen LogP contribution in [0.2, 0.25) is 5.02 Å². The number of nitrogens with zero attached hydrogens (tertiary/aromatic N) is 1. The van der Waals surface area contributed by atoms with Crippen LogP contribution in [0.5, 0.6) is 0 Å². The van der Waals surface area contributed by atoms with Gasteiger partial charge in [0.15, 0.2) is 0 Å². The molecule has 0 aromatic heterocycles. The average Bonchev–Trinajstić information content (AvgIpc) is 2.91. The molecule has 2 N–H and O–H groups in total. The number of carbonyl (C=O) groups is 2. The molecule has 0 bridgehead atoms. The number of carbonyl (C=O) groups excluding carboxylic acids is 1. The third-order valence-corrected chi connectivity index (χ3v) is 4.59. The molecule has 1 aliphatic heterocycles. The summed E-state index contributed by atoms with van der Waals surface area (Å²) in [5.74, 6) is -5.53. The normalized spacial score (nSPS) is 22.6. The second kappa shape index (κ2) is 7.61. The molecule has 1 fully saturated rings. The smallest absolute Gasteiger partial charge is 0.393 e. The summed E-state index contributed by atoms with van der Waals surface area (Å²) in [5.41, 5.74) is 0.690. The third-order valence-electron chi connectivity index (χ3n) is 4.25. The maximum absolute atomic E-state index is 13.0. The molecule has 0 saturated carbocycles. The van der Waals surface area contributed by atoms with Crippen molar-refractivity contribution >= 4 is 23.5 Å². The number of halogens is 4. The maximum atomic E-state index is 13.0. The topological polar surface area (TPSA) is 69.6 Å². The molecule has 2 rings (SSSR count). The zero-order chi connectivity index (χ0) is 18.8. The molecule has 1 aromatic carbocycles. The molecule has 1 heterocycles. The van der Waals surface area contributed by atoms with Crippen molar-refractivity contribution in [3.8, 4) is 0 Å². The summed E-state index contributed by atoms with van der Waals surface area (Å²) >= 11 is 6.04. The fourth-order valence-electron chi connectivity index (χ4n) is 2.99. The molecule has 0 spiro atoms. The van der Waals surface area contributed by atoms with E-state index in [1.54, 1.807) is 31.2 Å². The van der Waals surface area contributed by atoms with Gasteiger partial charge >= 0.3 is 12.1 Å². The number of hydrogen-bond donors (Lipinski definition) is 2. The second-order valence-electron chi connectivity index (χ2n) is 6.10. The van der Waals surface area contributed by atoms with E-state index in [-0.39, 0.29) is 13.1 Å². The lowest BCUT2D eigenvalue weighted by molar-refractivity contribution is -0.188. The number of benzene rings is 1. The van der Waals surface area contributed by atoms with Gasteiger partial charge in [-0.3, -0.25) is 14.5 Å². The lowest BCUT2D eigenvalue weighted by Crippen LogP contribution is -2.38. The molecule has 1 aliphatic rings. The van der Waals surface area contributed by atoms with Crippen molar-refractivity contribution in [1.82, 2.24) is 10.2 Å². The van der Waals surface area contributed by atoms with E-state index in [2.05, 4.69) is 5.32 Å². The van der Waals surface area contributed by atoms with Gasteiger partial charge in [0.2, 0.25) is 5.91 Å². The molecule has 1 unspecified atom stereocenters. The first-order chi connectivity index (χ1) is 11.6. The van der Waals surface area contributed by atoms with Gasteiger partial charge in [-0.05, 0) is 18.6 Å². The van der Waals surface area contributed by atoms with E-state index in [0.29, 0.717) is 10.6 Å². The summed E-state index contributed by atoms with van der Waals surface area (Å²) < 4.78 is 38.9. The number of hydrogen-bond acceptors (Lipinski definition) is 3. The van der Waals surface area contributed by atoms with Gasteiger partial charge in [0.25, 0.3) is 0 Å². The minimum atomic E-state index is -4.61. The molecular formula is C16H18ClF3N2O3. The van der Waals surface area contributed by atoms with Crippen molar-refractivity contribution in [3.05, 3.63) is 34.9 Å². The van der Waals surface area contributed by atoms with E-state index in [9.17, 15) is 22.8 Å². The van der Waals surface area contributed by atoms with E-state index < -0.39 is 42.5 Å². The van der Waals surface area contributed by atoms with Crippen LogP contribution in [0.15, 0.2) is 24.3 Å². The maximum Gasteiger partial charge on any atom is 0.393 e. The van der Waals surface area contributed by atoms with Crippen LogP contribution in [0.25, 0.3) is 0 Å². The van der Waals surface area contributed by atoms with Gasteiger partial charge in [0.1, 0.15) is 0 Å². The van der Waals surface area contributed by atoms with Crippen LogP contribution < -0.4 is 5.32 Å². The summed E-state index contributed by atoms with van der Waals surface area (Å²) in [6, 6.07) is 6.50. The van der Waals surface area contributed by atoms with Gasteiger partial charge in [0, 0.05) is 18.1 Å². The SMILES string of the molecule is CC(NC(=O)CN1C[C@@H](C(F)(F)F)[C@H](C(=O)O)C1)c1ccccc1Cl. The highest BCUT2D eigenvalue weighted by molar-refractivity contribution is 6.31. The van der Waals surface area contributed by atoms with Crippen molar-refractivity contribution in [2.75, 3.05) is 19.6 Å². The van der Waals surface area contributed by atoms with Crippen LogP contribution in [0.1, 0.15) is 18.5 Å². The highest BCUT2D eigenvalue weighted by atomic mass is 35.5. The lowest BCUT2D eigenvalue weighted by Gasteiger charge is -2.20. The van der Waals surface area contributed by atoms with Crippen LogP contribution in [-0.2, 0) is 9.59 Å². The van der Waals surface area contributed by atoms with Crippen molar-refractivity contribution in [3.63, 3.8) is 0 Å². The van der Waals surface area contributed by atoms with Crippen molar-refractivity contribution in [2.45, 2.75) is 19.1 Å². The summed E-state index contributed by atoms with van der Waals surface area (Å²) in [6.07, 6.45) is -4.61. The van der Waals surface area contributed by atoms with E-state index in [0.717, 1.165) is 0 Å². The molecule has 1 amide bonds. The third kappa shape index (κ3) is 4.85. The predicted molar refractivity (Wildman–Crippen MR) is 85.1 cm³/mol. The van der Waals surface area contributed by atoms with Crippen molar-refractivity contribution in [1.29, 1.82) is 0 Å². The van der Waals surface area contributed by atoms with Crippen molar-refractivity contribution in [2.24, 2.45) is 11.8 Å². The molecule has 0 aliphatic carbocycles. The molecule has 25 heavy (non-hydrogen) atoms. The second-order valence-corrected chi connectivity index (χ2v) is 6.50. The van der Waals surface area contributed by atoms with Crippen LogP contribution in [0.3, 0.4) is 0 Å². The molecule has 3 atom stereocenters. The summed E-state index contributed by atoms with van der Waals surface area (Å²) in [7, 11) is 0. The Labute approximate surface area is 147 Å². The van der Waals surface area contributed by atoms with E-state index in [1.165, 1.54) is 4.90 Å². The summed E-state index contributed by atoms with van der Waals surface area (Å²) in [5, 5.41) is 12.1. The van der Waals surface area contributed by atoms with Gasteiger partial charge in [-0.15, -0.1) is 0 Å². The van der Waals surface area contributed by atoms with Gasteiger partial charge in [0.05, 0.1) is 24.4 Å².